The van der Waals surface area contributed by atoms with Gasteiger partial charge in [0.25, 0.3) is 11.3 Å². The number of aromatic amines is 1. The highest BCUT2D eigenvalue weighted by molar-refractivity contribution is 5.86. The van der Waals surface area contributed by atoms with Gasteiger partial charge in [0.2, 0.25) is 0 Å². The second-order valence-electron chi connectivity index (χ2n) is 2.30. The number of nitrogens with one attached hydrogen (secondary N) is 1. The summed E-state index contributed by atoms with van der Waals surface area (Å²) in [6.45, 7) is 0. The number of hydrogen-bond donors (Lipinski definition) is 2. The van der Waals surface area contributed by atoms with E-state index >= 15 is 0 Å². The van der Waals surface area contributed by atoms with Crippen LogP contribution in [0, 0.1) is 0 Å². The molecule has 0 radical (unpaired) electrons. The van der Waals surface area contributed by atoms with Crippen LogP contribution in [0.1, 0.15) is 10.4 Å². The molecule has 2 N–H and O–H groups in total. The molecule has 13 heavy (non-hydrogen) atoms. The SMILES string of the molecule is O=C(O)c1cnc2nc[nH]n2c1=O. The van der Waals surface area contributed by atoms with Crippen molar-refractivity contribution in [2.24, 2.45) is 0 Å². The monoisotopic (exact) mass is 180 g/mol. The maximum Gasteiger partial charge on any atom is 0.343 e. The molecule has 0 spiro atoms. The van der Waals surface area contributed by atoms with Crippen molar-refractivity contribution in [1.82, 2.24) is 19.6 Å². The molecule has 7 heteroatoms. The van der Waals surface area contributed by atoms with Gasteiger partial charge in [0.15, 0.2) is 0 Å². The Hall–Kier alpha value is -2.18. The van der Waals surface area contributed by atoms with Gasteiger partial charge in [-0.2, -0.15) is 4.52 Å². The third-order valence-corrected chi connectivity index (χ3v) is 1.54. The van der Waals surface area contributed by atoms with Crippen LogP contribution in [0.4, 0.5) is 0 Å². The standard InChI is InChI=1S/C6H4N4O3/c11-4-3(5(12)13)1-7-6-8-2-9-10(4)6/h1-2H,(H,12,13)(H,7,8,9). The van der Waals surface area contributed by atoms with Crippen molar-refractivity contribution in [2.45, 2.75) is 0 Å². The minimum atomic E-state index is -1.30. The first kappa shape index (κ1) is 7.47. The molecule has 0 saturated heterocycles. The van der Waals surface area contributed by atoms with Gasteiger partial charge in [-0.05, 0) is 0 Å². The highest BCUT2D eigenvalue weighted by Gasteiger charge is 2.11. The second kappa shape index (κ2) is 2.41. The molecule has 2 aromatic rings. The average molecular weight is 180 g/mol. The molecule has 2 heterocycles. The molecule has 0 fully saturated rings. The highest BCUT2D eigenvalue weighted by Crippen LogP contribution is 1.91. The number of rotatable bonds is 1. The van der Waals surface area contributed by atoms with Crippen LogP contribution < -0.4 is 5.56 Å². The maximum absolute atomic E-state index is 11.3. The first-order chi connectivity index (χ1) is 6.20. The Bertz CT molecular complexity index is 526. The number of aromatic carboxylic acids is 1. The highest BCUT2D eigenvalue weighted by atomic mass is 16.4. The van der Waals surface area contributed by atoms with E-state index in [9.17, 15) is 9.59 Å². The molecule has 0 saturated carbocycles. The minimum absolute atomic E-state index is 0.148. The fourth-order valence-electron chi connectivity index (χ4n) is 0.945. The van der Waals surface area contributed by atoms with Crippen molar-refractivity contribution in [3.05, 3.63) is 28.4 Å². The van der Waals surface area contributed by atoms with Crippen molar-refractivity contribution in [3.8, 4) is 0 Å². The molecular weight excluding hydrogens is 176 g/mol. The van der Waals surface area contributed by atoms with Gasteiger partial charge in [-0.15, -0.1) is 0 Å². The van der Waals surface area contributed by atoms with Gasteiger partial charge in [-0.1, -0.05) is 0 Å². The summed E-state index contributed by atoms with van der Waals surface area (Å²) in [5.41, 5.74) is -1.06. The molecule has 7 nitrogen and oxygen atoms in total. The van der Waals surface area contributed by atoms with Crippen molar-refractivity contribution in [3.63, 3.8) is 0 Å². The quantitative estimate of drug-likeness (QED) is 0.593. The summed E-state index contributed by atoms with van der Waals surface area (Å²) < 4.78 is 0.962. The van der Waals surface area contributed by atoms with Crippen LogP contribution >= 0.6 is 0 Å². The van der Waals surface area contributed by atoms with Crippen LogP contribution in [0.5, 0.6) is 0 Å². The van der Waals surface area contributed by atoms with Crippen molar-refractivity contribution in [2.75, 3.05) is 0 Å². The number of carboxylic acid groups (broad SMARTS) is 1. The molecule has 2 rings (SSSR count). The van der Waals surface area contributed by atoms with Gasteiger partial charge >= 0.3 is 5.97 Å². The van der Waals surface area contributed by atoms with Gasteiger partial charge in [-0.25, -0.2) is 14.8 Å². The molecule has 0 aromatic carbocycles. The molecule has 2 aromatic heterocycles. The Kier molecular flexibility index (Phi) is 1.38. The van der Waals surface area contributed by atoms with Gasteiger partial charge in [0.1, 0.15) is 11.9 Å². The Labute approximate surface area is 70.7 Å². The minimum Gasteiger partial charge on any atom is -0.477 e. The van der Waals surface area contributed by atoms with Crippen LogP contribution in [0.3, 0.4) is 0 Å². The molecule has 0 atom stereocenters. The van der Waals surface area contributed by atoms with E-state index in [1.165, 1.54) is 6.33 Å². The van der Waals surface area contributed by atoms with E-state index in [1.807, 2.05) is 0 Å². The summed E-state index contributed by atoms with van der Waals surface area (Å²) in [4.78, 5) is 29.1. The van der Waals surface area contributed by atoms with Crippen LogP contribution in [-0.4, -0.2) is 30.7 Å². The van der Waals surface area contributed by atoms with Crippen LogP contribution in [0.25, 0.3) is 5.78 Å². The number of H-pyrrole nitrogens is 1. The molecule has 0 aliphatic rings. The van der Waals surface area contributed by atoms with E-state index in [4.69, 9.17) is 5.11 Å². The summed E-state index contributed by atoms with van der Waals surface area (Å²) in [5.74, 6) is -1.16. The molecular formula is C6H4N4O3. The molecule has 0 aliphatic heterocycles. The van der Waals surface area contributed by atoms with Crippen molar-refractivity contribution in [1.29, 1.82) is 0 Å². The lowest BCUT2D eigenvalue weighted by atomic mass is 10.3. The summed E-state index contributed by atoms with van der Waals surface area (Å²) >= 11 is 0. The average Bonchev–Trinajstić information content (AvgIpc) is 2.52. The molecule has 0 unspecified atom stereocenters. The van der Waals surface area contributed by atoms with Crippen molar-refractivity contribution < 1.29 is 9.90 Å². The first-order valence-corrected chi connectivity index (χ1v) is 3.34. The summed E-state index contributed by atoms with van der Waals surface area (Å²) in [6.07, 6.45) is 2.25. The second-order valence-corrected chi connectivity index (χ2v) is 2.30. The Morgan fingerprint density at radius 3 is 3.00 bits per heavy atom. The van der Waals surface area contributed by atoms with Gasteiger partial charge in [0, 0.05) is 0 Å². The van der Waals surface area contributed by atoms with Crippen LogP contribution in [0.2, 0.25) is 0 Å². The van der Waals surface area contributed by atoms with Gasteiger partial charge < -0.3 is 5.11 Å². The van der Waals surface area contributed by atoms with Gasteiger partial charge in [0.05, 0.1) is 6.20 Å². The third kappa shape index (κ3) is 0.975. The number of carboxylic acids is 1. The third-order valence-electron chi connectivity index (χ3n) is 1.54. The maximum atomic E-state index is 11.3. The zero-order valence-corrected chi connectivity index (χ0v) is 6.26. The van der Waals surface area contributed by atoms with Crippen LogP contribution in [-0.2, 0) is 0 Å². The summed E-state index contributed by atoms with van der Waals surface area (Å²) in [6, 6.07) is 0. The molecule has 66 valence electrons. The lowest BCUT2D eigenvalue weighted by Gasteiger charge is -1.92. The number of hydrogen-bond acceptors (Lipinski definition) is 4. The fourth-order valence-corrected chi connectivity index (χ4v) is 0.945. The lowest BCUT2D eigenvalue weighted by Crippen LogP contribution is -2.22. The van der Waals surface area contributed by atoms with E-state index in [-0.39, 0.29) is 11.3 Å². The Morgan fingerprint density at radius 1 is 1.54 bits per heavy atom. The topological polar surface area (TPSA) is 100 Å². The number of aromatic nitrogens is 4. The van der Waals surface area contributed by atoms with E-state index in [0.717, 1.165) is 10.7 Å². The molecule has 0 amide bonds. The summed E-state index contributed by atoms with van der Waals surface area (Å²) in [5, 5.41) is 11.0. The van der Waals surface area contributed by atoms with Gasteiger partial charge in [-0.3, -0.25) is 9.89 Å². The Morgan fingerprint density at radius 2 is 2.31 bits per heavy atom. The zero-order valence-electron chi connectivity index (χ0n) is 6.26. The Balaban J connectivity index is 2.89. The largest absolute Gasteiger partial charge is 0.477 e. The predicted octanol–water partition coefficient (Wildman–Crippen LogP) is -0.884. The lowest BCUT2D eigenvalue weighted by molar-refractivity contribution is 0.0694. The normalized spacial score (nSPS) is 10.5. The number of carbonyl (C=O) groups is 1. The summed E-state index contributed by atoms with van der Waals surface area (Å²) in [7, 11) is 0. The fraction of sp³-hybridized carbons (Fsp3) is 0. The number of fused-ring (bicyclic) bond motifs is 1. The van der Waals surface area contributed by atoms with E-state index < -0.39 is 11.5 Å². The molecule has 0 aliphatic carbocycles. The van der Waals surface area contributed by atoms with Crippen molar-refractivity contribution >= 4 is 11.7 Å². The predicted molar refractivity (Wildman–Crippen MR) is 40.6 cm³/mol. The van der Waals surface area contributed by atoms with Crippen LogP contribution in [0.15, 0.2) is 17.3 Å². The number of nitrogens with zero attached hydrogens (tertiary/aromatic N) is 3. The zero-order chi connectivity index (χ0) is 9.42. The smallest absolute Gasteiger partial charge is 0.343 e. The first-order valence-electron chi connectivity index (χ1n) is 3.34. The van der Waals surface area contributed by atoms with E-state index in [0.29, 0.717) is 0 Å². The molecule has 0 bridgehead atoms. The van der Waals surface area contributed by atoms with E-state index in [1.54, 1.807) is 0 Å². The van der Waals surface area contributed by atoms with E-state index in [2.05, 4.69) is 15.1 Å².